The first kappa shape index (κ1) is 15.8. The van der Waals surface area contributed by atoms with Gasteiger partial charge in [-0.25, -0.2) is 0 Å². The van der Waals surface area contributed by atoms with E-state index in [1.54, 1.807) is 18.7 Å². The fraction of sp³-hybridized carbons (Fsp3) is 0.917. The second-order valence-electron chi connectivity index (χ2n) is 4.59. The van der Waals surface area contributed by atoms with Crippen LogP contribution in [0.3, 0.4) is 0 Å². The fourth-order valence-corrected chi connectivity index (χ4v) is 2.29. The van der Waals surface area contributed by atoms with Crippen molar-refractivity contribution in [3.8, 4) is 0 Å². The number of hydrogen-bond donors (Lipinski definition) is 2. The minimum Gasteiger partial charge on any atom is -0.387 e. The van der Waals surface area contributed by atoms with Crippen molar-refractivity contribution in [2.45, 2.75) is 45.6 Å². The SMILES string of the molecule is CCC(CC)CC(=O)NCC(C)(O)CSC. The molecule has 1 amide bonds. The Bertz CT molecular complexity index is 203. The number of amides is 1. The van der Waals surface area contributed by atoms with E-state index in [1.807, 2.05) is 6.26 Å². The first-order valence-corrected chi connectivity index (χ1v) is 7.32. The number of nitrogens with one attached hydrogen (secondary N) is 1. The Labute approximate surface area is 103 Å². The maximum absolute atomic E-state index is 11.6. The third kappa shape index (κ3) is 7.12. The first-order chi connectivity index (χ1) is 7.45. The minimum atomic E-state index is -0.803. The minimum absolute atomic E-state index is 0.0510. The molecule has 0 aliphatic carbocycles. The highest BCUT2D eigenvalue weighted by Crippen LogP contribution is 2.13. The molecule has 0 aromatic carbocycles. The van der Waals surface area contributed by atoms with Gasteiger partial charge in [0.05, 0.1) is 5.60 Å². The van der Waals surface area contributed by atoms with Gasteiger partial charge in [0.15, 0.2) is 0 Å². The van der Waals surface area contributed by atoms with E-state index in [4.69, 9.17) is 0 Å². The lowest BCUT2D eigenvalue weighted by atomic mass is 9.99. The van der Waals surface area contributed by atoms with Gasteiger partial charge in [0.2, 0.25) is 5.91 Å². The molecule has 0 heterocycles. The van der Waals surface area contributed by atoms with Crippen LogP contribution >= 0.6 is 11.8 Å². The van der Waals surface area contributed by atoms with E-state index in [9.17, 15) is 9.90 Å². The van der Waals surface area contributed by atoms with Gasteiger partial charge in [0.1, 0.15) is 0 Å². The van der Waals surface area contributed by atoms with Gasteiger partial charge in [-0.15, -0.1) is 0 Å². The molecule has 3 nitrogen and oxygen atoms in total. The Hall–Kier alpha value is -0.220. The smallest absolute Gasteiger partial charge is 0.220 e. The van der Waals surface area contributed by atoms with E-state index in [1.165, 1.54) is 0 Å². The van der Waals surface area contributed by atoms with E-state index in [0.717, 1.165) is 12.8 Å². The van der Waals surface area contributed by atoms with Gasteiger partial charge in [-0.05, 0) is 19.1 Å². The standard InChI is InChI=1S/C12H25NO2S/c1-5-10(6-2)7-11(14)13-8-12(3,15)9-16-4/h10,15H,5-9H2,1-4H3,(H,13,14). The van der Waals surface area contributed by atoms with Crippen LogP contribution in [0, 0.1) is 5.92 Å². The van der Waals surface area contributed by atoms with Crippen LogP contribution in [0.25, 0.3) is 0 Å². The molecular formula is C12H25NO2S. The molecule has 0 aliphatic heterocycles. The van der Waals surface area contributed by atoms with E-state index in [0.29, 0.717) is 24.6 Å². The molecule has 2 N–H and O–H groups in total. The van der Waals surface area contributed by atoms with Gasteiger partial charge >= 0.3 is 0 Å². The van der Waals surface area contributed by atoms with Gasteiger partial charge in [0.25, 0.3) is 0 Å². The molecule has 4 heteroatoms. The molecule has 0 fully saturated rings. The molecule has 16 heavy (non-hydrogen) atoms. The van der Waals surface area contributed by atoms with Crippen molar-refractivity contribution in [1.29, 1.82) is 0 Å². The lowest BCUT2D eigenvalue weighted by Gasteiger charge is -2.23. The quantitative estimate of drug-likeness (QED) is 0.690. The van der Waals surface area contributed by atoms with Crippen molar-refractivity contribution in [2.75, 3.05) is 18.6 Å². The number of rotatable bonds is 8. The van der Waals surface area contributed by atoms with E-state index in [2.05, 4.69) is 19.2 Å². The maximum Gasteiger partial charge on any atom is 0.220 e. The van der Waals surface area contributed by atoms with E-state index in [-0.39, 0.29) is 5.91 Å². The van der Waals surface area contributed by atoms with Crippen molar-refractivity contribution in [1.82, 2.24) is 5.32 Å². The van der Waals surface area contributed by atoms with Crippen LogP contribution in [0.4, 0.5) is 0 Å². The van der Waals surface area contributed by atoms with Crippen molar-refractivity contribution < 1.29 is 9.90 Å². The summed E-state index contributed by atoms with van der Waals surface area (Å²) in [6, 6.07) is 0. The third-order valence-electron chi connectivity index (χ3n) is 2.75. The summed E-state index contributed by atoms with van der Waals surface area (Å²) < 4.78 is 0. The van der Waals surface area contributed by atoms with Gasteiger partial charge < -0.3 is 10.4 Å². The summed E-state index contributed by atoms with van der Waals surface area (Å²) in [6.07, 6.45) is 4.58. The molecule has 0 aliphatic rings. The highest BCUT2D eigenvalue weighted by Gasteiger charge is 2.20. The van der Waals surface area contributed by atoms with Gasteiger partial charge in [-0.2, -0.15) is 11.8 Å². The molecule has 0 radical (unpaired) electrons. The van der Waals surface area contributed by atoms with Crippen LogP contribution in [0.15, 0.2) is 0 Å². The van der Waals surface area contributed by atoms with Crippen LogP contribution < -0.4 is 5.32 Å². The second kappa shape index (κ2) is 7.96. The summed E-state index contributed by atoms with van der Waals surface area (Å²) in [7, 11) is 0. The Morgan fingerprint density at radius 1 is 1.44 bits per heavy atom. The highest BCUT2D eigenvalue weighted by molar-refractivity contribution is 7.98. The van der Waals surface area contributed by atoms with Crippen molar-refractivity contribution in [2.24, 2.45) is 5.92 Å². The Balaban J connectivity index is 3.88. The molecule has 0 saturated heterocycles. The molecule has 0 saturated carbocycles. The van der Waals surface area contributed by atoms with Crippen molar-refractivity contribution >= 4 is 17.7 Å². The first-order valence-electron chi connectivity index (χ1n) is 5.93. The molecule has 0 rings (SSSR count). The Morgan fingerprint density at radius 3 is 2.44 bits per heavy atom. The van der Waals surface area contributed by atoms with E-state index < -0.39 is 5.60 Å². The van der Waals surface area contributed by atoms with E-state index >= 15 is 0 Å². The number of thioether (sulfide) groups is 1. The zero-order chi connectivity index (χ0) is 12.6. The van der Waals surface area contributed by atoms with Crippen molar-refractivity contribution in [3.05, 3.63) is 0 Å². The zero-order valence-electron chi connectivity index (χ0n) is 10.9. The molecule has 1 unspecified atom stereocenters. The number of aliphatic hydroxyl groups is 1. The predicted molar refractivity (Wildman–Crippen MR) is 70.7 cm³/mol. The third-order valence-corrected chi connectivity index (χ3v) is 3.66. The summed E-state index contributed by atoms with van der Waals surface area (Å²) in [5.74, 6) is 1.15. The van der Waals surface area contributed by atoms with Crippen LogP contribution in [0.1, 0.15) is 40.0 Å². The van der Waals surface area contributed by atoms with Crippen molar-refractivity contribution in [3.63, 3.8) is 0 Å². The Kier molecular flexibility index (Phi) is 7.85. The Morgan fingerprint density at radius 2 is 2.00 bits per heavy atom. The van der Waals surface area contributed by atoms with Gasteiger partial charge in [0, 0.05) is 18.7 Å². The van der Waals surface area contributed by atoms with Crippen LogP contribution in [0.2, 0.25) is 0 Å². The largest absolute Gasteiger partial charge is 0.387 e. The molecule has 0 aromatic heterocycles. The van der Waals surface area contributed by atoms with Crippen LogP contribution in [-0.4, -0.2) is 35.2 Å². The fourth-order valence-electron chi connectivity index (χ4n) is 1.56. The molecule has 0 bridgehead atoms. The lowest BCUT2D eigenvalue weighted by Crippen LogP contribution is -2.42. The van der Waals surface area contributed by atoms with Gasteiger partial charge in [-0.3, -0.25) is 4.79 Å². The normalized spacial score (nSPS) is 14.9. The molecule has 0 aromatic rings. The zero-order valence-corrected chi connectivity index (χ0v) is 11.7. The summed E-state index contributed by atoms with van der Waals surface area (Å²) in [6.45, 7) is 6.30. The summed E-state index contributed by atoms with van der Waals surface area (Å²) in [5, 5.41) is 12.7. The molecule has 96 valence electrons. The average molecular weight is 247 g/mol. The summed E-state index contributed by atoms with van der Waals surface area (Å²) >= 11 is 1.58. The summed E-state index contributed by atoms with van der Waals surface area (Å²) in [5.41, 5.74) is -0.803. The molecule has 0 spiro atoms. The maximum atomic E-state index is 11.6. The average Bonchev–Trinajstić information content (AvgIpc) is 2.23. The topological polar surface area (TPSA) is 49.3 Å². The monoisotopic (exact) mass is 247 g/mol. The van der Waals surface area contributed by atoms with Crippen LogP contribution in [-0.2, 0) is 4.79 Å². The van der Waals surface area contributed by atoms with Crippen LogP contribution in [0.5, 0.6) is 0 Å². The lowest BCUT2D eigenvalue weighted by molar-refractivity contribution is -0.123. The summed E-state index contributed by atoms with van der Waals surface area (Å²) in [4.78, 5) is 11.6. The molecule has 1 atom stereocenters. The second-order valence-corrected chi connectivity index (χ2v) is 5.46. The van der Waals surface area contributed by atoms with Gasteiger partial charge in [-0.1, -0.05) is 26.7 Å². The highest BCUT2D eigenvalue weighted by atomic mass is 32.2. The number of carbonyl (C=O) groups is 1. The number of carbonyl (C=O) groups excluding carboxylic acids is 1. The number of hydrogen-bond acceptors (Lipinski definition) is 3. The predicted octanol–water partition coefficient (Wildman–Crippen LogP) is 2.04. The molecular weight excluding hydrogens is 222 g/mol.